The summed E-state index contributed by atoms with van der Waals surface area (Å²) in [4.78, 5) is 0. The highest BCUT2D eigenvalue weighted by Crippen LogP contribution is 1.97. The molecule has 0 aromatic rings. The zero-order chi connectivity index (χ0) is 4.99. The first-order chi connectivity index (χ1) is 2.81. The number of aliphatic hydroxyl groups excluding tert-OH is 1. The highest BCUT2D eigenvalue weighted by Gasteiger charge is 1.95. The fourth-order valence-corrected chi connectivity index (χ4v) is 0.0488. The third-order valence-corrected chi connectivity index (χ3v) is 1.09. The summed E-state index contributed by atoms with van der Waals surface area (Å²) in [5, 5.41) is 8.09. The van der Waals surface area contributed by atoms with Crippen molar-refractivity contribution in [3.8, 4) is 0 Å². The van der Waals surface area contributed by atoms with Gasteiger partial charge in [-0.25, -0.2) is 4.39 Å². The van der Waals surface area contributed by atoms with Crippen LogP contribution in [0.1, 0.15) is 0 Å². The molecule has 38 valence electrons. The molecule has 1 unspecified atom stereocenters. The molecule has 0 fully saturated rings. The molecule has 0 saturated heterocycles. The third kappa shape index (κ3) is 2.84. The van der Waals surface area contributed by atoms with Gasteiger partial charge in [0.2, 0.25) is 0 Å². The molecule has 1 N–H and O–H groups in total. The van der Waals surface area contributed by atoms with E-state index in [-0.39, 0.29) is 10.5 Å². The Balaban J connectivity index is 2.75. The Hall–Kier alpha value is 0.620. The zero-order valence-electron chi connectivity index (χ0n) is 3.19. The molecular weight excluding hydrogens is 198 g/mol. The molecule has 0 radical (unpaired) electrons. The minimum atomic E-state index is -0.433. The van der Waals surface area contributed by atoms with E-state index in [9.17, 15) is 4.39 Å². The number of hydrogen-bond acceptors (Lipinski definition) is 1. The van der Waals surface area contributed by atoms with Crippen molar-refractivity contribution in [1.29, 1.82) is 0 Å². The van der Waals surface area contributed by atoms with Gasteiger partial charge in [-0.3, -0.25) is 0 Å². The highest BCUT2D eigenvalue weighted by atomic mass is 127. The number of rotatable bonds is 2. The Morgan fingerprint density at radius 1 is 1.83 bits per heavy atom. The number of halogens is 2. The summed E-state index contributed by atoms with van der Waals surface area (Å²) in [5.41, 5.74) is 0. The molecule has 0 aliphatic heterocycles. The third-order valence-electron chi connectivity index (χ3n) is 0.366. The van der Waals surface area contributed by atoms with E-state index in [4.69, 9.17) is 5.11 Å². The molecule has 0 amide bonds. The summed E-state index contributed by atoms with van der Waals surface area (Å²) in [7, 11) is 0. The van der Waals surface area contributed by atoms with Gasteiger partial charge in [0.15, 0.2) is 0 Å². The van der Waals surface area contributed by atoms with Crippen LogP contribution in [0.3, 0.4) is 0 Å². The van der Waals surface area contributed by atoms with Crippen LogP contribution in [0.2, 0.25) is 0 Å². The van der Waals surface area contributed by atoms with Crippen molar-refractivity contribution in [2.75, 3.05) is 13.3 Å². The Morgan fingerprint density at radius 2 is 2.33 bits per heavy atom. The minimum absolute atomic E-state index is 0.0585. The average molecular weight is 204 g/mol. The molecule has 3 heteroatoms. The molecule has 0 aliphatic carbocycles. The van der Waals surface area contributed by atoms with Gasteiger partial charge in [0.05, 0.1) is 10.5 Å². The van der Waals surface area contributed by atoms with E-state index < -0.39 is 6.67 Å². The SMILES string of the molecule is OCC(I)CF. The predicted octanol–water partition coefficient (Wildman–Crippen LogP) is 0.752. The Labute approximate surface area is 49.7 Å². The van der Waals surface area contributed by atoms with Crippen LogP contribution in [0.4, 0.5) is 4.39 Å². The van der Waals surface area contributed by atoms with Crippen LogP contribution in [0.25, 0.3) is 0 Å². The van der Waals surface area contributed by atoms with Crippen LogP contribution in [0.5, 0.6) is 0 Å². The summed E-state index contributed by atoms with van der Waals surface area (Å²) < 4.78 is 11.0. The smallest absolute Gasteiger partial charge is 0.103 e. The minimum Gasteiger partial charge on any atom is -0.395 e. The van der Waals surface area contributed by atoms with Crippen molar-refractivity contribution < 1.29 is 9.50 Å². The fraction of sp³-hybridized carbons (Fsp3) is 1.00. The summed E-state index contributed by atoms with van der Waals surface area (Å²) in [5.74, 6) is 0. The zero-order valence-corrected chi connectivity index (χ0v) is 5.35. The van der Waals surface area contributed by atoms with Gasteiger partial charge in [-0.1, -0.05) is 22.6 Å². The van der Waals surface area contributed by atoms with Crippen LogP contribution in [0.15, 0.2) is 0 Å². The summed E-state index contributed by atoms with van der Waals surface area (Å²) >= 11 is 1.84. The van der Waals surface area contributed by atoms with E-state index in [2.05, 4.69) is 0 Å². The molecule has 0 aromatic heterocycles. The van der Waals surface area contributed by atoms with E-state index in [0.29, 0.717) is 0 Å². The predicted molar refractivity (Wildman–Crippen MR) is 30.9 cm³/mol. The molecule has 0 bridgehead atoms. The van der Waals surface area contributed by atoms with Gasteiger partial charge in [-0.15, -0.1) is 0 Å². The quantitative estimate of drug-likeness (QED) is 0.519. The van der Waals surface area contributed by atoms with E-state index in [1.54, 1.807) is 0 Å². The highest BCUT2D eigenvalue weighted by molar-refractivity contribution is 14.1. The average Bonchev–Trinajstić information content (AvgIpc) is 1.65. The summed E-state index contributed by atoms with van der Waals surface area (Å²) in [6.45, 7) is -0.492. The lowest BCUT2D eigenvalue weighted by molar-refractivity contribution is 0.281. The maximum atomic E-state index is 11.2. The van der Waals surface area contributed by atoms with E-state index in [0.717, 1.165) is 0 Å². The lowest BCUT2D eigenvalue weighted by Crippen LogP contribution is -2.04. The lowest BCUT2D eigenvalue weighted by Gasteiger charge is -1.93. The molecule has 0 saturated carbocycles. The van der Waals surface area contributed by atoms with Gasteiger partial charge >= 0.3 is 0 Å². The maximum absolute atomic E-state index is 11.2. The summed E-state index contributed by atoms with van der Waals surface area (Å²) in [6.07, 6.45) is 0. The second kappa shape index (κ2) is 3.80. The van der Waals surface area contributed by atoms with E-state index in [1.165, 1.54) is 0 Å². The second-order valence-corrected chi connectivity index (χ2v) is 2.70. The lowest BCUT2D eigenvalue weighted by atomic mass is 10.5. The van der Waals surface area contributed by atoms with Gasteiger partial charge in [-0.2, -0.15) is 0 Å². The number of aliphatic hydroxyl groups is 1. The molecule has 0 rings (SSSR count). The second-order valence-electron chi connectivity index (χ2n) is 0.934. The number of hydrogen-bond donors (Lipinski definition) is 1. The van der Waals surface area contributed by atoms with E-state index in [1.807, 2.05) is 22.6 Å². The first-order valence-electron chi connectivity index (χ1n) is 1.62. The molecule has 0 aromatic carbocycles. The first kappa shape index (κ1) is 6.62. The molecule has 0 heterocycles. The van der Waals surface area contributed by atoms with Gasteiger partial charge in [-0.05, 0) is 0 Å². The van der Waals surface area contributed by atoms with Crippen molar-refractivity contribution in [1.82, 2.24) is 0 Å². The van der Waals surface area contributed by atoms with Gasteiger partial charge in [0.25, 0.3) is 0 Å². The monoisotopic (exact) mass is 204 g/mol. The number of alkyl halides is 2. The molecule has 0 aliphatic rings. The Morgan fingerprint density at radius 3 is 2.33 bits per heavy atom. The molecule has 0 spiro atoms. The largest absolute Gasteiger partial charge is 0.395 e. The summed E-state index contributed by atoms with van der Waals surface area (Å²) in [6, 6.07) is 0. The molecular formula is C3H6FIO. The van der Waals surface area contributed by atoms with Gasteiger partial charge < -0.3 is 5.11 Å². The van der Waals surface area contributed by atoms with Gasteiger partial charge in [0.1, 0.15) is 6.67 Å². The standard InChI is InChI=1S/C3H6FIO/c4-1-3(5)2-6/h3,6H,1-2H2. The maximum Gasteiger partial charge on any atom is 0.103 e. The van der Waals surface area contributed by atoms with Crippen LogP contribution in [0, 0.1) is 0 Å². The molecule has 1 nitrogen and oxygen atoms in total. The van der Waals surface area contributed by atoms with Crippen LogP contribution in [-0.4, -0.2) is 22.3 Å². The van der Waals surface area contributed by atoms with Crippen molar-refractivity contribution >= 4 is 22.6 Å². The van der Waals surface area contributed by atoms with Crippen molar-refractivity contribution in [2.24, 2.45) is 0 Å². The molecule has 6 heavy (non-hydrogen) atoms. The topological polar surface area (TPSA) is 20.2 Å². The Bertz CT molecular complexity index is 30.0. The van der Waals surface area contributed by atoms with Crippen molar-refractivity contribution in [2.45, 2.75) is 3.92 Å². The van der Waals surface area contributed by atoms with Crippen LogP contribution in [-0.2, 0) is 0 Å². The fourth-order valence-electron chi connectivity index (χ4n) is 0.0488. The van der Waals surface area contributed by atoms with Crippen molar-refractivity contribution in [3.63, 3.8) is 0 Å². The van der Waals surface area contributed by atoms with Gasteiger partial charge in [0, 0.05) is 0 Å². The van der Waals surface area contributed by atoms with Crippen LogP contribution >= 0.6 is 22.6 Å². The first-order valence-corrected chi connectivity index (χ1v) is 2.86. The Kier molecular flexibility index (Phi) is 4.19. The van der Waals surface area contributed by atoms with E-state index >= 15 is 0 Å². The van der Waals surface area contributed by atoms with Crippen LogP contribution < -0.4 is 0 Å². The normalized spacial score (nSPS) is 14.5. The van der Waals surface area contributed by atoms with Crippen molar-refractivity contribution in [3.05, 3.63) is 0 Å². The molecule has 1 atom stereocenters.